The molecule has 1 aromatic carbocycles. The van der Waals surface area contributed by atoms with Crippen LogP contribution in [0.2, 0.25) is 5.02 Å². The highest BCUT2D eigenvalue weighted by Crippen LogP contribution is 2.19. The van der Waals surface area contributed by atoms with Gasteiger partial charge in [-0.2, -0.15) is 5.26 Å². The second-order valence-electron chi connectivity index (χ2n) is 2.20. The van der Waals surface area contributed by atoms with Crippen LogP contribution in [0, 0.1) is 24.1 Å². The van der Waals surface area contributed by atoms with Gasteiger partial charge in [0, 0.05) is 0 Å². The maximum Gasteiger partial charge on any atom is 0.144 e. The van der Waals surface area contributed by atoms with Crippen molar-refractivity contribution in [2.24, 2.45) is 0 Å². The zero-order chi connectivity index (χ0) is 8.43. The van der Waals surface area contributed by atoms with Crippen molar-refractivity contribution in [1.82, 2.24) is 0 Å². The Morgan fingerprint density at radius 3 is 2.64 bits per heavy atom. The van der Waals surface area contributed by atoms with Gasteiger partial charge in [0.05, 0.1) is 16.7 Å². The first-order valence-corrected chi connectivity index (χ1v) is 3.38. The minimum absolute atomic E-state index is 0.00144. The minimum atomic E-state index is -0.453. The Balaban J connectivity index is 3.35. The van der Waals surface area contributed by atoms with Crippen molar-refractivity contribution in [2.75, 3.05) is 0 Å². The summed E-state index contributed by atoms with van der Waals surface area (Å²) in [6.45, 7) is 1.57. The smallest absolute Gasteiger partial charge is 0.144 e. The summed E-state index contributed by atoms with van der Waals surface area (Å²) in [4.78, 5) is 0. The summed E-state index contributed by atoms with van der Waals surface area (Å²) in [5.74, 6) is -0.453. The highest BCUT2D eigenvalue weighted by atomic mass is 35.5. The average molecular weight is 170 g/mol. The van der Waals surface area contributed by atoms with Crippen molar-refractivity contribution in [3.8, 4) is 6.07 Å². The zero-order valence-electron chi connectivity index (χ0n) is 5.86. The predicted molar refractivity (Wildman–Crippen MR) is 40.9 cm³/mol. The highest BCUT2D eigenvalue weighted by Gasteiger charge is 2.04. The Morgan fingerprint density at radius 2 is 2.18 bits per heavy atom. The van der Waals surface area contributed by atoms with E-state index in [1.165, 1.54) is 12.1 Å². The van der Waals surface area contributed by atoms with Crippen LogP contribution in [0.15, 0.2) is 12.1 Å². The summed E-state index contributed by atoms with van der Waals surface area (Å²) in [7, 11) is 0. The number of hydrogen-bond donors (Lipinski definition) is 0. The van der Waals surface area contributed by atoms with Gasteiger partial charge in [-0.05, 0) is 24.6 Å². The molecular weight excluding hydrogens is 165 g/mol. The third-order valence-electron chi connectivity index (χ3n) is 1.34. The van der Waals surface area contributed by atoms with E-state index in [2.05, 4.69) is 0 Å². The van der Waals surface area contributed by atoms with Crippen molar-refractivity contribution < 1.29 is 4.39 Å². The van der Waals surface area contributed by atoms with Gasteiger partial charge in [0.25, 0.3) is 0 Å². The van der Waals surface area contributed by atoms with E-state index in [1.54, 1.807) is 6.92 Å². The molecule has 0 N–H and O–H groups in total. The molecule has 0 fully saturated rings. The number of aryl methyl sites for hydroxylation is 1. The van der Waals surface area contributed by atoms with Crippen LogP contribution in [-0.2, 0) is 0 Å². The Bertz CT molecular complexity index is 304. The molecular formula is C8H5ClFN. The van der Waals surface area contributed by atoms with Gasteiger partial charge in [0.2, 0.25) is 0 Å². The molecule has 0 radical (unpaired) electrons. The second-order valence-corrected chi connectivity index (χ2v) is 2.61. The van der Waals surface area contributed by atoms with Crippen LogP contribution in [0.5, 0.6) is 0 Å². The number of halogens is 2. The monoisotopic (exact) mass is 169 g/mol. The van der Waals surface area contributed by atoms with Gasteiger partial charge >= 0.3 is 0 Å². The molecule has 1 nitrogen and oxygen atoms in total. The van der Waals surface area contributed by atoms with Gasteiger partial charge < -0.3 is 0 Å². The molecule has 0 saturated heterocycles. The SMILES string of the molecule is Cc1cc(C#N)cc(Cl)c1F. The van der Waals surface area contributed by atoms with Gasteiger partial charge in [-0.3, -0.25) is 0 Å². The van der Waals surface area contributed by atoms with Gasteiger partial charge in [-0.15, -0.1) is 0 Å². The maximum absolute atomic E-state index is 12.8. The first kappa shape index (κ1) is 8.03. The summed E-state index contributed by atoms with van der Waals surface area (Å²) in [5, 5.41) is 8.45. The van der Waals surface area contributed by atoms with Gasteiger partial charge in [-0.1, -0.05) is 11.6 Å². The molecule has 0 bridgehead atoms. The molecule has 0 aliphatic rings. The largest absolute Gasteiger partial charge is 0.205 e. The number of rotatable bonds is 0. The number of benzene rings is 1. The Kier molecular flexibility index (Phi) is 2.11. The Hall–Kier alpha value is -1.07. The molecule has 0 saturated carbocycles. The summed E-state index contributed by atoms with van der Waals surface area (Å²) in [5.41, 5.74) is 0.781. The molecule has 0 heterocycles. The molecule has 0 amide bonds. The van der Waals surface area contributed by atoms with E-state index < -0.39 is 5.82 Å². The van der Waals surface area contributed by atoms with Gasteiger partial charge in [0.15, 0.2) is 0 Å². The lowest BCUT2D eigenvalue weighted by Gasteiger charge is -1.98. The lowest BCUT2D eigenvalue weighted by molar-refractivity contribution is 0.619. The molecule has 0 aliphatic carbocycles. The van der Waals surface area contributed by atoms with E-state index in [0.29, 0.717) is 11.1 Å². The van der Waals surface area contributed by atoms with Gasteiger partial charge in [-0.25, -0.2) is 4.39 Å². The molecule has 3 heteroatoms. The molecule has 1 aromatic rings. The minimum Gasteiger partial charge on any atom is -0.205 e. The van der Waals surface area contributed by atoms with E-state index in [1.807, 2.05) is 6.07 Å². The molecule has 1 rings (SSSR count). The molecule has 56 valence electrons. The summed E-state index contributed by atoms with van der Waals surface area (Å²) >= 11 is 5.47. The number of nitrogens with zero attached hydrogens (tertiary/aromatic N) is 1. The van der Waals surface area contributed by atoms with E-state index in [0.717, 1.165) is 0 Å². The fraction of sp³-hybridized carbons (Fsp3) is 0.125. The van der Waals surface area contributed by atoms with Crippen molar-refractivity contribution in [1.29, 1.82) is 5.26 Å². The first-order chi connectivity index (χ1) is 5.15. The molecule has 11 heavy (non-hydrogen) atoms. The van der Waals surface area contributed by atoms with Crippen molar-refractivity contribution in [3.63, 3.8) is 0 Å². The van der Waals surface area contributed by atoms with Crippen molar-refractivity contribution in [2.45, 2.75) is 6.92 Å². The van der Waals surface area contributed by atoms with Crippen LogP contribution in [0.1, 0.15) is 11.1 Å². The highest BCUT2D eigenvalue weighted by molar-refractivity contribution is 6.30. The lowest BCUT2D eigenvalue weighted by atomic mass is 10.1. The quantitative estimate of drug-likeness (QED) is 0.586. The van der Waals surface area contributed by atoms with Crippen LogP contribution in [0.25, 0.3) is 0 Å². The van der Waals surface area contributed by atoms with Crippen LogP contribution in [-0.4, -0.2) is 0 Å². The van der Waals surface area contributed by atoms with Crippen molar-refractivity contribution >= 4 is 11.6 Å². The molecule has 0 aliphatic heterocycles. The maximum atomic E-state index is 12.8. The molecule has 0 spiro atoms. The van der Waals surface area contributed by atoms with E-state index in [4.69, 9.17) is 16.9 Å². The van der Waals surface area contributed by atoms with E-state index in [9.17, 15) is 4.39 Å². The third-order valence-corrected chi connectivity index (χ3v) is 1.61. The standard InChI is InChI=1S/C8H5ClFN/c1-5-2-6(4-11)3-7(9)8(5)10/h2-3H,1H3. The molecule has 0 unspecified atom stereocenters. The summed E-state index contributed by atoms with van der Waals surface area (Å²) < 4.78 is 12.8. The lowest BCUT2D eigenvalue weighted by Crippen LogP contribution is -1.85. The van der Waals surface area contributed by atoms with Gasteiger partial charge in [0.1, 0.15) is 5.82 Å². The Morgan fingerprint density at radius 1 is 1.55 bits per heavy atom. The molecule has 0 aromatic heterocycles. The van der Waals surface area contributed by atoms with E-state index >= 15 is 0 Å². The zero-order valence-corrected chi connectivity index (χ0v) is 6.61. The fourth-order valence-corrected chi connectivity index (χ4v) is 1.06. The second kappa shape index (κ2) is 2.89. The van der Waals surface area contributed by atoms with Crippen LogP contribution in [0.4, 0.5) is 4.39 Å². The average Bonchev–Trinajstić information content (AvgIpc) is 1.99. The van der Waals surface area contributed by atoms with Crippen molar-refractivity contribution in [3.05, 3.63) is 34.1 Å². The fourth-order valence-electron chi connectivity index (χ4n) is 0.791. The predicted octanol–water partition coefficient (Wildman–Crippen LogP) is 2.66. The van der Waals surface area contributed by atoms with Crippen LogP contribution in [0.3, 0.4) is 0 Å². The molecule has 0 atom stereocenters. The summed E-state index contributed by atoms with van der Waals surface area (Å²) in [6.07, 6.45) is 0. The number of hydrogen-bond acceptors (Lipinski definition) is 1. The Labute approximate surface area is 69.0 Å². The van der Waals surface area contributed by atoms with Crippen LogP contribution < -0.4 is 0 Å². The number of nitriles is 1. The first-order valence-electron chi connectivity index (χ1n) is 3.01. The third kappa shape index (κ3) is 1.50. The van der Waals surface area contributed by atoms with E-state index in [-0.39, 0.29) is 5.02 Å². The normalized spacial score (nSPS) is 9.27. The van der Waals surface area contributed by atoms with Crippen LogP contribution >= 0.6 is 11.6 Å². The summed E-state index contributed by atoms with van der Waals surface area (Å²) in [6, 6.07) is 4.65. The topological polar surface area (TPSA) is 23.8 Å².